The van der Waals surface area contributed by atoms with E-state index in [0.717, 1.165) is 56.2 Å². The zero-order valence-electron chi connectivity index (χ0n) is 14.9. The van der Waals surface area contributed by atoms with Crippen LogP contribution in [-0.4, -0.2) is 34.6 Å². The number of primary amides is 1. The molecule has 6 heteroatoms. The molecule has 2 bridgehead atoms. The Hall–Kier alpha value is -1.69. The van der Waals surface area contributed by atoms with E-state index in [-0.39, 0.29) is 0 Å². The number of rotatable bonds is 7. The molecule has 5 rings (SSSR count). The molecule has 6 nitrogen and oxygen atoms in total. The first-order valence-electron chi connectivity index (χ1n) is 9.68. The molecule has 4 fully saturated rings. The van der Waals surface area contributed by atoms with Gasteiger partial charge >= 0.3 is 0 Å². The Morgan fingerprint density at radius 2 is 2.00 bits per heavy atom. The monoisotopic (exact) mass is 344 g/mol. The van der Waals surface area contributed by atoms with Gasteiger partial charge in [0.15, 0.2) is 0 Å². The highest BCUT2D eigenvalue weighted by atomic mass is 16.5. The van der Waals surface area contributed by atoms with Crippen molar-refractivity contribution in [3.8, 4) is 0 Å². The molecule has 0 radical (unpaired) electrons. The van der Waals surface area contributed by atoms with Gasteiger partial charge in [0.1, 0.15) is 0 Å². The molecule has 0 aromatic carbocycles. The highest BCUT2D eigenvalue weighted by molar-refractivity contribution is 5.93. The SMILES string of the molecule is CCOC1CCC(Nc2ncc(C(N)=O)c(CC3C4CC3C4)n2)CC1. The third-order valence-electron chi connectivity index (χ3n) is 6.39. The van der Waals surface area contributed by atoms with E-state index in [0.29, 0.717) is 29.6 Å². The quantitative estimate of drug-likeness (QED) is 0.793. The lowest BCUT2D eigenvalue weighted by atomic mass is 9.47. The fourth-order valence-electron chi connectivity index (χ4n) is 4.60. The summed E-state index contributed by atoms with van der Waals surface area (Å²) in [6, 6.07) is 0.376. The number of nitrogens with one attached hydrogen (secondary N) is 1. The molecule has 4 aliphatic carbocycles. The zero-order valence-corrected chi connectivity index (χ0v) is 14.9. The normalized spacial score (nSPS) is 33.2. The number of nitrogens with two attached hydrogens (primary N) is 1. The van der Waals surface area contributed by atoms with Crippen molar-refractivity contribution in [3.63, 3.8) is 0 Å². The summed E-state index contributed by atoms with van der Waals surface area (Å²) in [5.41, 5.74) is 6.83. The fraction of sp³-hybridized carbons (Fsp3) is 0.737. The van der Waals surface area contributed by atoms with Crippen molar-refractivity contribution in [1.82, 2.24) is 9.97 Å². The van der Waals surface area contributed by atoms with E-state index in [4.69, 9.17) is 10.5 Å². The van der Waals surface area contributed by atoms with Crippen LogP contribution in [0.5, 0.6) is 0 Å². The lowest BCUT2D eigenvalue weighted by Gasteiger charge is -2.58. The zero-order chi connectivity index (χ0) is 17.4. The largest absolute Gasteiger partial charge is 0.379 e. The van der Waals surface area contributed by atoms with Crippen LogP contribution in [0, 0.1) is 17.8 Å². The van der Waals surface area contributed by atoms with Crippen molar-refractivity contribution in [3.05, 3.63) is 17.5 Å². The smallest absolute Gasteiger partial charge is 0.252 e. The van der Waals surface area contributed by atoms with Gasteiger partial charge in [0.25, 0.3) is 5.91 Å². The number of anilines is 1. The second kappa shape index (κ2) is 6.90. The first-order valence-corrected chi connectivity index (χ1v) is 9.68. The van der Waals surface area contributed by atoms with Crippen LogP contribution in [0.25, 0.3) is 0 Å². The first-order chi connectivity index (χ1) is 12.1. The van der Waals surface area contributed by atoms with Crippen molar-refractivity contribution < 1.29 is 9.53 Å². The summed E-state index contributed by atoms with van der Waals surface area (Å²) < 4.78 is 5.71. The van der Waals surface area contributed by atoms with Gasteiger partial charge in [-0.1, -0.05) is 0 Å². The maximum absolute atomic E-state index is 11.7. The van der Waals surface area contributed by atoms with Gasteiger partial charge in [-0.05, 0) is 69.6 Å². The van der Waals surface area contributed by atoms with Crippen LogP contribution in [0.3, 0.4) is 0 Å². The Balaban J connectivity index is 1.40. The molecule has 0 aliphatic heterocycles. The molecule has 0 saturated heterocycles. The average molecular weight is 344 g/mol. The molecule has 4 aliphatic rings. The lowest BCUT2D eigenvalue weighted by molar-refractivity contribution is -0.0800. The summed E-state index contributed by atoms with van der Waals surface area (Å²) in [6.07, 6.45) is 9.84. The Kier molecular flexibility index (Phi) is 4.63. The van der Waals surface area contributed by atoms with E-state index in [1.807, 2.05) is 6.92 Å². The molecule has 136 valence electrons. The maximum atomic E-state index is 11.7. The minimum atomic E-state index is -0.424. The highest BCUT2D eigenvalue weighted by Gasteiger charge is 2.52. The number of carbonyl (C=O) groups is 1. The van der Waals surface area contributed by atoms with E-state index < -0.39 is 5.91 Å². The Morgan fingerprint density at radius 1 is 1.28 bits per heavy atom. The van der Waals surface area contributed by atoms with Gasteiger partial charge in [-0.15, -0.1) is 0 Å². The number of nitrogens with zero attached hydrogens (tertiary/aromatic N) is 2. The van der Waals surface area contributed by atoms with Crippen LogP contribution in [0.4, 0.5) is 5.95 Å². The molecular weight excluding hydrogens is 316 g/mol. The van der Waals surface area contributed by atoms with E-state index in [2.05, 4.69) is 15.3 Å². The number of amides is 1. The van der Waals surface area contributed by atoms with Crippen LogP contribution in [-0.2, 0) is 11.2 Å². The third kappa shape index (κ3) is 3.36. The van der Waals surface area contributed by atoms with E-state index in [1.165, 1.54) is 12.8 Å². The second-order valence-electron chi connectivity index (χ2n) is 7.85. The van der Waals surface area contributed by atoms with Gasteiger partial charge in [0.05, 0.1) is 17.4 Å². The minimum Gasteiger partial charge on any atom is -0.379 e. The number of aromatic nitrogens is 2. The van der Waals surface area contributed by atoms with Gasteiger partial charge < -0.3 is 15.8 Å². The van der Waals surface area contributed by atoms with Crippen molar-refractivity contribution in [2.45, 2.75) is 64.0 Å². The molecule has 1 amide bonds. The highest BCUT2D eigenvalue weighted by Crippen LogP contribution is 2.59. The average Bonchev–Trinajstić information content (AvgIpc) is 2.53. The summed E-state index contributed by atoms with van der Waals surface area (Å²) >= 11 is 0. The van der Waals surface area contributed by atoms with Crippen LogP contribution < -0.4 is 11.1 Å². The molecule has 1 aromatic heterocycles. The number of ether oxygens (including phenoxy) is 1. The Morgan fingerprint density at radius 3 is 2.56 bits per heavy atom. The van der Waals surface area contributed by atoms with E-state index >= 15 is 0 Å². The molecule has 3 N–H and O–H groups in total. The molecule has 0 unspecified atom stereocenters. The van der Waals surface area contributed by atoms with Crippen LogP contribution >= 0.6 is 0 Å². The van der Waals surface area contributed by atoms with Gasteiger partial charge in [0, 0.05) is 18.8 Å². The summed E-state index contributed by atoms with van der Waals surface area (Å²) in [5.74, 6) is 2.58. The van der Waals surface area contributed by atoms with Crippen molar-refractivity contribution >= 4 is 11.9 Å². The van der Waals surface area contributed by atoms with Crippen molar-refractivity contribution in [2.24, 2.45) is 23.5 Å². The van der Waals surface area contributed by atoms with Gasteiger partial charge in [-0.25, -0.2) is 9.97 Å². The third-order valence-corrected chi connectivity index (χ3v) is 6.39. The van der Waals surface area contributed by atoms with E-state index in [9.17, 15) is 4.79 Å². The summed E-state index contributed by atoms with van der Waals surface area (Å²) in [6.45, 7) is 2.83. The molecular formula is C19H28N4O2. The number of carbonyl (C=O) groups excluding carboxylic acids is 1. The van der Waals surface area contributed by atoms with E-state index in [1.54, 1.807) is 6.20 Å². The van der Waals surface area contributed by atoms with Gasteiger partial charge in [-0.2, -0.15) is 0 Å². The first kappa shape index (κ1) is 16.8. The molecule has 1 heterocycles. The maximum Gasteiger partial charge on any atom is 0.252 e. The standard InChI is InChI=1S/C19H28N4O2/c1-2-25-14-5-3-13(4-6-14)22-19-21-10-16(18(20)24)17(23-19)9-15-11-7-12(15)8-11/h10-15H,2-9H2,1H3,(H2,20,24)(H,21,22,23). The number of hydrogen-bond donors (Lipinski definition) is 2. The Bertz CT molecular complexity index is 628. The summed E-state index contributed by atoms with van der Waals surface area (Å²) in [5, 5.41) is 3.45. The molecule has 0 spiro atoms. The van der Waals surface area contributed by atoms with Crippen LogP contribution in [0.15, 0.2) is 6.20 Å². The Labute approximate surface area is 148 Å². The number of hydrogen-bond acceptors (Lipinski definition) is 5. The molecule has 25 heavy (non-hydrogen) atoms. The molecule has 1 aromatic rings. The van der Waals surface area contributed by atoms with Crippen molar-refractivity contribution in [2.75, 3.05) is 11.9 Å². The van der Waals surface area contributed by atoms with Crippen molar-refractivity contribution in [1.29, 1.82) is 0 Å². The topological polar surface area (TPSA) is 90.1 Å². The summed E-state index contributed by atoms with van der Waals surface area (Å²) in [4.78, 5) is 20.7. The molecule has 0 atom stereocenters. The van der Waals surface area contributed by atoms with Gasteiger partial charge in [0.2, 0.25) is 5.95 Å². The van der Waals surface area contributed by atoms with Crippen LogP contribution in [0.2, 0.25) is 0 Å². The lowest BCUT2D eigenvalue weighted by Crippen LogP contribution is -2.51. The predicted molar refractivity (Wildman–Crippen MR) is 95.3 cm³/mol. The minimum absolute atomic E-state index is 0.376. The van der Waals surface area contributed by atoms with Gasteiger partial charge in [-0.3, -0.25) is 4.79 Å². The fourth-order valence-corrected chi connectivity index (χ4v) is 4.60. The molecule has 4 saturated carbocycles. The second-order valence-corrected chi connectivity index (χ2v) is 7.85. The predicted octanol–water partition coefficient (Wildman–Crippen LogP) is 2.53. The van der Waals surface area contributed by atoms with Crippen LogP contribution in [0.1, 0.15) is 61.5 Å². The summed E-state index contributed by atoms with van der Waals surface area (Å²) in [7, 11) is 0.